The van der Waals surface area contributed by atoms with Gasteiger partial charge in [0.1, 0.15) is 12.2 Å². The molecule has 180 valence electrons. The smallest absolute Gasteiger partial charge is 0.305 e. The fourth-order valence-corrected chi connectivity index (χ4v) is 3.03. The number of nitrogens with two attached hydrogens (primary N) is 1. The number of hydrogen-bond acceptors (Lipinski definition) is 8. The second-order valence-corrected chi connectivity index (χ2v) is 7.54. The number of carboxylic acid groups (broad SMARTS) is 1. The van der Waals surface area contributed by atoms with Crippen LogP contribution in [0.3, 0.4) is 0 Å². The molecule has 11 heteroatoms. The first-order valence-corrected chi connectivity index (χ1v) is 10.4. The third-order valence-electron chi connectivity index (χ3n) is 4.98. The fourth-order valence-electron chi connectivity index (χ4n) is 3.03. The van der Waals surface area contributed by atoms with Crippen molar-refractivity contribution in [1.82, 2.24) is 10.6 Å². The second kappa shape index (κ2) is 13.8. The monoisotopic (exact) mass is 455 g/mol. The lowest BCUT2D eigenvalue weighted by atomic mass is 9.98. The average Bonchev–Trinajstić information content (AvgIpc) is 2.78. The molecule has 32 heavy (non-hydrogen) atoms. The predicted octanol–water partition coefficient (Wildman–Crippen LogP) is -1.60. The summed E-state index contributed by atoms with van der Waals surface area (Å²) in [5.74, 6) is -2.99. The first-order chi connectivity index (χ1) is 15.1. The van der Waals surface area contributed by atoms with Gasteiger partial charge in [0.05, 0.1) is 31.2 Å². The van der Waals surface area contributed by atoms with Crippen molar-refractivity contribution in [2.24, 2.45) is 5.73 Å². The van der Waals surface area contributed by atoms with E-state index in [2.05, 4.69) is 10.6 Å². The molecule has 6 atom stereocenters. The van der Waals surface area contributed by atoms with E-state index in [1.165, 1.54) is 0 Å². The number of rotatable bonds is 14. The lowest BCUT2D eigenvalue weighted by Gasteiger charge is -2.30. The van der Waals surface area contributed by atoms with E-state index in [1.807, 2.05) is 6.92 Å². The van der Waals surface area contributed by atoms with Crippen LogP contribution in [0.1, 0.15) is 44.2 Å². The van der Waals surface area contributed by atoms with E-state index in [0.29, 0.717) is 18.4 Å². The zero-order valence-electron chi connectivity index (χ0n) is 17.9. The standard InChI is InChI=1S/C21H33N3O8/c1-2-3-9-13(22)20(31)24-15(11-25)17(28)18(29)19(30)21(32)23-14(10-16(26)27)12-7-5-4-6-8-12/h4-8,13-15,17-19,25,28-30H,2-3,9-11,22H2,1H3,(H,23,32)(H,24,31)(H,26,27)/t13-,14-,15-,17+,18+,19-/m0/s1. The van der Waals surface area contributed by atoms with Crippen LogP contribution in [0.25, 0.3) is 0 Å². The molecular formula is C21H33N3O8. The van der Waals surface area contributed by atoms with Crippen LogP contribution in [-0.4, -0.2) is 80.3 Å². The van der Waals surface area contributed by atoms with Crippen LogP contribution in [0.15, 0.2) is 30.3 Å². The SMILES string of the molecule is CCCC[C@H](N)C(=O)N[C@@H](CO)[C@@H](O)[C@@H](O)[C@H](O)C(=O)N[C@@H](CC(=O)O)c1ccccc1. The van der Waals surface area contributed by atoms with E-state index in [9.17, 15) is 34.8 Å². The van der Waals surface area contributed by atoms with Gasteiger partial charge < -0.3 is 41.9 Å². The van der Waals surface area contributed by atoms with Gasteiger partial charge in [-0.05, 0) is 12.0 Å². The van der Waals surface area contributed by atoms with Gasteiger partial charge in [-0.2, -0.15) is 0 Å². The van der Waals surface area contributed by atoms with Crippen LogP contribution < -0.4 is 16.4 Å². The summed E-state index contributed by atoms with van der Waals surface area (Å²) in [6, 6.07) is 4.90. The topological polar surface area (TPSA) is 202 Å². The largest absolute Gasteiger partial charge is 0.481 e. The van der Waals surface area contributed by atoms with Crippen molar-refractivity contribution >= 4 is 17.8 Å². The van der Waals surface area contributed by atoms with Gasteiger partial charge in [-0.3, -0.25) is 14.4 Å². The number of aliphatic hydroxyl groups is 4. The Morgan fingerprint density at radius 2 is 1.62 bits per heavy atom. The van der Waals surface area contributed by atoms with Crippen LogP contribution in [0.4, 0.5) is 0 Å². The summed E-state index contributed by atoms with van der Waals surface area (Å²) in [6.07, 6.45) is -4.73. The number of unbranched alkanes of at least 4 members (excludes halogenated alkanes) is 1. The number of amides is 2. The number of carboxylic acids is 1. The normalized spacial score (nSPS) is 16.8. The van der Waals surface area contributed by atoms with Crippen LogP contribution in [0.5, 0.6) is 0 Å². The summed E-state index contributed by atoms with van der Waals surface area (Å²) in [5, 5.41) is 54.0. The molecule has 1 rings (SSSR count). The van der Waals surface area contributed by atoms with Crippen molar-refractivity contribution in [3.8, 4) is 0 Å². The molecule has 0 aromatic heterocycles. The predicted molar refractivity (Wildman–Crippen MR) is 114 cm³/mol. The Balaban J connectivity index is 2.81. The lowest BCUT2D eigenvalue weighted by Crippen LogP contribution is -2.58. The van der Waals surface area contributed by atoms with Crippen LogP contribution in [0.2, 0.25) is 0 Å². The molecule has 0 spiro atoms. The molecule has 0 unspecified atom stereocenters. The average molecular weight is 456 g/mol. The summed E-state index contributed by atoms with van der Waals surface area (Å²) in [7, 11) is 0. The zero-order chi connectivity index (χ0) is 24.3. The third-order valence-corrected chi connectivity index (χ3v) is 4.98. The molecule has 1 aromatic carbocycles. The number of benzene rings is 1. The molecule has 0 aliphatic heterocycles. The summed E-state index contributed by atoms with van der Waals surface area (Å²) in [5.41, 5.74) is 6.21. The number of aliphatic carboxylic acids is 1. The Labute approximate surface area is 186 Å². The summed E-state index contributed by atoms with van der Waals surface area (Å²) in [6.45, 7) is 1.14. The van der Waals surface area contributed by atoms with Gasteiger partial charge in [0.25, 0.3) is 5.91 Å². The van der Waals surface area contributed by atoms with Crippen molar-refractivity contribution in [3.05, 3.63) is 35.9 Å². The van der Waals surface area contributed by atoms with E-state index < -0.39 is 67.2 Å². The fraction of sp³-hybridized carbons (Fsp3) is 0.571. The molecule has 0 aliphatic rings. The molecule has 0 bridgehead atoms. The Bertz CT molecular complexity index is 733. The van der Waals surface area contributed by atoms with Gasteiger partial charge in [0, 0.05) is 0 Å². The molecule has 9 N–H and O–H groups in total. The van der Waals surface area contributed by atoms with Gasteiger partial charge in [-0.15, -0.1) is 0 Å². The first-order valence-electron chi connectivity index (χ1n) is 10.4. The minimum Gasteiger partial charge on any atom is -0.481 e. The number of hydrogen-bond donors (Lipinski definition) is 8. The molecule has 0 saturated heterocycles. The van der Waals surface area contributed by atoms with Gasteiger partial charge in [0.2, 0.25) is 5.91 Å². The molecule has 11 nitrogen and oxygen atoms in total. The van der Waals surface area contributed by atoms with Crippen molar-refractivity contribution in [2.45, 2.75) is 69.0 Å². The zero-order valence-corrected chi connectivity index (χ0v) is 17.9. The van der Waals surface area contributed by atoms with Gasteiger partial charge in [-0.1, -0.05) is 50.1 Å². The Morgan fingerprint density at radius 1 is 1.00 bits per heavy atom. The second-order valence-electron chi connectivity index (χ2n) is 7.54. The van der Waals surface area contributed by atoms with Crippen molar-refractivity contribution in [1.29, 1.82) is 0 Å². The first kappa shape index (κ1) is 27.5. The molecular weight excluding hydrogens is 422 g/mol. The van der Waals surface area contributed by atoms with Gasteiger partial charge in [-0.25, -0.2) is 0 Å². The quantitative estimate of drug-likeness (QED) is 0.162. The highest BCUT2D eigenvalue weighted by atomic mass is 16.4. The minimum absolute atomic E-state index is 0.384. The number of carbonyl (C=O) groups is 3. The third kappa shape index (κ3) is 8.52. The van der Waals surface area contributed by atoms with Crippen LogP contribution in [0, 0.1) is 0 Å². The molecule has 2 amide bonds. The van der Waals surface area contributed by atoms with E-state index in [4.69, 9.17) is 10.8 Å². The minimum atomic E-state index is -2.16. The maximum atomic E-state index is 12.4. The van der Waals surface area contributed by atoms with Gasteiger partial charge in [0.15, 0.2) is 6.10 Å². The highest BCUT2D eigenvalue weighted by molar-refractivity contribution is 5.83. The van der Waals surface area contributed by atoms with Gasteiger partial charge >= 0.3 is 5.97 Å². The maximum absolute atomic E-state index is 12.4. The molecule has 1 aromatic rings. The summed E-state index contributed by atoms with van der Waals surface area (Å²) < 4.78 is 0. The van der Waals surface area contributed by atoms with Crippen LogP contribution >= 0.6 is 0 Å². The maximum Gasteiger partial charge on any atom is 0.305 e. The molecule has 0 saturated carbocycles. The highest BCUT2D eigenvalue weighted by Crippen LogP contribution is 2.17. The Kier molecular flexibility index (Phi) is 11.8. The molecule has 0 fully saturated rings. The van der Waals surface area contributed by atoms with Crippen molar-refractivity contribution in [2.75, 3.05) is 6.61 Å². The number of nitrogens with one attached hydrogen (secondary N) is 2. The van der Waals surface area contributed by atoms with Crippen molar-refractivity contribution < 1.29 is 39.9 Å². The summed E-state index contributed by atoms with van der Waals surface area (Å²) >= 11 is 0. The molecule has 0 heterocycles. The Hall–Kier alpha value is -2.57. The van der Waals surface area contributed by atoms with E-state index in [0.717, 1.165) is 6.42 Å². The number of carbonyl (C=O) groups excluding carboxylic acids is 2. The van der Waals surface area contributed by atoms with Crippen LogP contribution in [-0.2, 0) is 14.4 Å². The van der Waals surface area contributed by atoms with E-state index in [-0.39, 0.29) is 0 Å². The molecule has 0 radical (unpaired) electrons. The lowest BCUT2D eigenvalue weighted by molar-refractivity contribution is -0.145. The molecule has 0 aliphatic carbocycles. The highest BCUT2D eigenvalue weighted by Gasteiger charge is 2.37. The Morgan fingerprint density at radius 3 is 2.16 bits per heavy atom. The van der Waals surface area contributed by atoms with E-state index >= 15 is 0 Å². The number of aliphatic hydroxyl groups excluding tert-OH is 4. The van der Waals surface area contributed by atoms with E-state index in [1.54, 1.807) is 30.3 Å². The summed E-state index contributed by atoms with van der Waals surface area (Å²) in [4.78, 5) is 35.7. The van der Waals surface area contributed by atoms with Crippen molar-refractivity contribution in [3.63, 3.8) is 0 Å².